The van der Waals surface area contributed by atoms with Crippen molar-refractivity contribution in [3.63, 3.8) is 0 Å². The second kappa shape index (κ2) is 10.9. The zero-order chi connectivity index (χ0) is 13.3. The summed E-state index contributed by atoms with van der Waals surface area (Å²) in [5.74, 6) is 0. The summed E-state index contributed by atoms with van der Waals surface area (Å²) >= 11 is 8.43. The van der Waals surface area contributed by atoms with Crippen LogP contribution in [0, 0.1) is 0 Å². The molecule has 0 aromatic carbocycles. The lowest BCUT2D eigenvalue weighted by molar-refractivity contribution is 0.357. The van der Waals surface area contributed by atoms with E-state index in [2.05, 4.69) is 57.1 Å². The highest BCUT2D eigenvalue weighted by Crippen LogP contribution is 2.09. The van der Waals surface area contributed by atoms with E-state index < -0.39 is 18.4 Å². The van der Waals surface area contributed by atoms with Gasteiger partial charge in [0.1, 0.15) is 0 Å². The Balaban J connectivity index is 4.14. The predicted molar refractivity (Wildman–Crippen MR) is 88.3 cm³/mol. The molecule has 0 rings (SSSR count). The van der Waals surface area contributed by atoms with Crippen LogP contribution in [0.2, 0.25) is 13.1 Å². The summed E-state index contributed by atoms with van der Waals surface area (Å²) in [6.07, 6.45) is 5.04. The van der Waals surface area contributed by atoms with Gasteiger partial charge in [-0.05, 0) is 39.0 Å². The first-order chi connectivity index (χ1) is 8.02. The van der Waals surface area contributed by atoms with E-state index in [1.807, 2.05) is 0 Å². The van der Waals surface area contributed by atoms with Crippen molar-refractivity contribution in [1.82, 2.24) is 7.94 Å². The molecule has 0 spiro atoms. The molecule has 0 aliphatic rings. The van der Waals surface area contributed by atoms with Crippen molar-refractivity contribution in [3.8, 4) is 0 Å². The molecule has 17 heavy (non-hydrogen) atoms. The van der Waals surface area contributed by atoms with Crippen LogP contribution in [0.5, 0.6) is 0 Å². The summed E-state index contributed by atoms with van der Waals surface area (Å²) in [6, 6.07) is 0. The highest BCUT2D eigenvalue weighted by Gasteiger charge is 2.20. The molecule has 0 heterocycles. The van der Waals surface area contributed by atoms with Gasteiger partial charge in [0.25, 0.3) is 9.20 Å². The molecule has 2 unspecified atom stereocenters. The van der Waals surface area contributed by atoms with E-state index in [0.29, 0.717) is 0 Å². The van der Waals surface area contributed by atoms with Gasteiger partial charge in [-0.1, -0.05) is 52.3 Å². The lowest BCUT2D eigenvalue weighted by atomic mass is 10.3. The van der Waals surface area contributed by atoms with Crippen LogP contribution < -0.4 is 0 Å². The molecule has 0 aromatic rings. The minimum atomic E-state index is -1.38. The molecule has 0 saturated carbocycles. The normalized spacial score (nSPS) is 15.5. The zero-order valence-corrected chi connectivity index (χ0v) is 15.7. The lowest BCUT2D eigenvalue weighted by Crippen LogP contribution is -2.45. The van der Waals surface area contributed by atoms with Crippen LogP contribution in [-0.4, -0.2) is 39.4 Å². The largest absolute Gasteiger partial charge is 0.436 e. The summed E-state index contributed by atoms with van der Waals surface area (Å²) < 4.78 is 10.4. The maximum atomic E-state index is 6.14. The van der Waals surface area contributed by atoms with Gasteiger partial charge in [-0.25, -0.2) is 0 Å². The van der Waals surface area contributed by atoms with Crippen LogP contribution in [0.4, 0.5) is 0 Å². The molecule has 0 radical (unpaired) electrons. The summed E-state index contributed by atoms with van der Waals surface area (Å²) in [4.78, 5) is 0. The van der Waals surface area contributed by atoms with E-state index in [9.17, 15) is 0 Å². The topological polar surface area (TPSA) is 15.7 Å². The number of nitrogens with zero attached hydrogens (tertiary/aromatic N) is 2. The lowest BCUT2D eigenvalue weighted by Gasteiger charge is -2.31. The van der Waals surface area contributed by atoms with Gasteiger partial charge in [0.15, 0.2) is 0 Å². The van der Waals surface area contributed by atoms with Crippen molar-refractivity contribution < 1.29 is 4.12 Å². The fourth-order valence-corrected chi connectivity index (χ4v) is 7.10. The summed E-state index contributed by atoms with van der Waals surface area (Å²) in [5, 5.41) is 0. The quantitative estimate of drug-likeness (QED) is 0.477. The van der Waals surface area contributed by atoms with Gasteiger partial charge in [-0.2, -0.15) is 3.38 Å². The van der Waals surface area contributed by atoms with E-state index in [1.165, 1.54) is 38.8 Å². The first kappa shape index (κ1) is 18.0. The van der Waals surface area contributed by atoms with Gasteiger partial charge in [0, 0.05) is 0 Å². The number of hydrogen-bond donors (Lipinski definition) is 2. The molecular formula is C10H28N2OS2Si2. The van der Waals surface area contributed by atoms with Gasteiger partial charge >= 0.3 is 0 Å². The molecule has 0 N–H and O–H groups in total. The third-order valence-corrected chi connectivity index (χ3v) is 10.1. The number of hydrogen-bond acceptors (Lipinski definition) is 5. The molecular weight excluding hydrogens is 284 g/mol. The Bertz CT molecular complexity index is 182. The molecule has 0 fully saturated rings. The first-order valence-electron chi connectivity index (χ1n) is 6.59. The second-order valence-corrected chi connectivity index (χ2v) is 11.2. The van der Waals surface area contributed by atoms with E-state index in [0.717, 1.165) is 0 Å². The molecule has 0 aliphatic carbocycles. The minimum Gasteiger partial charge on any atom is -0.436 e. The Morgan fingerprint density at radius 3 is 1.76 bits per heavy atom. The zero-order valence-electron chi connectivity index (χ0n) is 11.6. The van der Waals surface area contributed by atoms with Crippen molar-refractivity contribution in [3.05, 3.63) is 0 Å². The number of unbranched alkanes of at least 4 members (excludes halogenated alkanes) is 2. The van der Waals surface area contributed by atoms with Gasteiger partial charge in [-0.3, -0.25) is 0 Å². The van der Waals surface area contributed by atoms with Crippen LogP contribution >= 0.6 is 25.6 Å². The average molecular weight is 313 g/mol. The van der Waals surface area contributed by atoms with Crippen molar-refractivity contribution in [1.29, 1.82) is 0 Å². The Morgan fingerprint density at radius 2 is 1.41 bits per heavy atom. The fourth-order valence-electron chi connectivity index (χ4n) is 1.62. The second-order valence-electron chi connectivity index (χ2n) is 4.40. The van der Waals surface area contributed by atoms with Gasteiger partial charge in [0.05, 0.1) is 0 Å². The number of thiol groups is 2. The molecule has 0 saturated heterocycles. The van der Waals surface area contributed by atoms with Crippen LogP contribution in [0.25, 0.3) is 0 Å². The molecule has 2 atom stereocenters. The Morgan fingerprint density at radius 1 is 0.941 bits per heavy atom. The van der Waals surface area contributed by atoms with E-state index >= 15 is 0 Å². The maximum Gasteiger partial charge on any atom is 0.262 e. The molecule has 7 heteroatoms. The SMILES string of the molecule is CCCCN(CCCC)[SiH](C)O[SiH](C)N(S)S. The Kier molecular flexibility index (Phi) is 11.5. The molecule has 0 bridgehead atoms. The Hall–Kier alpha value is 1.01. The maximum absolute atomic E-state index is 6.14. The predicted octanol–water partition coefficient (Wildman–Crippen LogP) is 2.60. The van der Waals surface area contributed by atoms with Crippen molar-refractivity contribution >= 4 is 44.0 Å². The molecule has 3 nitrogen and oxygen atoms in total. The fraction of sp³-hybridized carbons (Fsp3) is 1.00. The van der Waals surface area contributed by atoms with Gasteiger partial charge in [0.2, 0.25) is 9.20 Å². The summed E-state index contributed by atoms with van der Waals surface area (Å²) in [6.45, 7) is 11.3. The third-order valence-electron chi connectivity index (χ3n) is 2.83. The summed E-state index contributed by atoms with van der Waals surface area (Å²) in [7, 11) is -2.61. The van der Waals surface area contributed by atoms with Crippen molar-refractivity contribution in [2.24, 2.45) is 0 Å². The van der Waals surface area contributed by atoms with Crippen molar-refractivity contribution in [2.75, 3.05) is 13.1 Å². The van der Waals surface area contributed by atoms with E-state index in [4.69, 9.17) is 4.12 Å². The van der Waals surface area contributed by atoms with Crippen molar-refractivity contribution in [2.45, 2.75) is 52.6 Å². The van der Waals surface area contributed by atoms with Crippen LogP contribution in [0.15, 0.2) is 0 Å². The standard InChI is InChI=1S/C10H28N2OS2Si2/c1-5-7-9-11(10-8-6-2)16(3)13-17(4)12(14)15/h14-17H,5-10H2,1-4H3. The molecule has 0 aromatic heterocycles. The van der Waals surface area contributed by atoms with Crippen LogP contribution in [-0.2, 0) is 4.12 Å². The van der Waals surface area contributed by atoms with Crippen LogP contribution in [0.1, 0.15) is 39.5 Å². The number of rotatable bonds is 10. The minimum absolute atomic E-state index is 1.18. The first-order valence-corrected chi connectivity index (χ1v) is 11.7. The van der Waals surface area contributed by atoms with Gasteiger partial charge in [-0.15, -0.1) is 0 Å². The average Bonchev–Trinajstić information content (AvgIpc) is 2.28. The molecule has 104 valence electrons. The van der Waals surface area contributed by atoms with Crippen LogP contribution in [0.3, 0.4) is 0 Å². The third kappa shape index (κ3) is 8.69. The summed E-state index contributed by atoms with van der Waals surface area (Å²) in [5.41, 5.74) is 0. The Labute approximate surface area is 122 Å². The van der Waals surface area contributed by atoms with Gasteiger partial charge < -0.3 is 8.68 Å². The monoisotopic (exact) mass is 312 g/mol. The van der Waals surface area contributed by atoms with E-state index in [1.54, 1.807) is 3.38 Å². The molecule has 0 amide bonds. The smallest absolute Gasteiger partial charge is 0.262 e. The molecule has 0 aliphatic heterocycles. The van der Waals surface area contributed by atoms with E-state index in [-0.39, 0.29) is 0 Å². The highest BCUT2D eigenvalue weighted by molar-refractivity contribution is 7.95. The highest BCUT2D eigenvalue weighted by atomic mass is 32.2.